The summed E-state index contributed by atoms with van der Waals surface area (Å²) < 4.78 is 4.70. The van der Waals surface area contributed by atoms with E-state index in [0.29, 0.717) is 13.0 Å². The van der Waals surface area contributed by atoms with Gasteiger partial charge in [0.25, 0.3) is 0 Å². The van der Waals surface area contributed by atoms with E-state index in [1.165, 1.54) is 7.11 Å². The van der Waals surface area contributed by atoms with Crippen LogP contribution in [0.4, 0.5) is 0 Å². The Morgan fingerprint density at radius 3 is 2.81 bits per heavy atom. The van der Waals surface area contributed by atoms with Gasteiger partial charge in [-0.2, -0.15) is 0 Å². The Morgan fingerprint density at radius 1 is 1.56 bits per heavy atom. The molecule has 94 valence electrons. The molecule has 1 heterocycles. The van der Waals surface area contributed by atoms with Gasteiger partial charge < -0.3 is 19.6 Å². The zero-order chi connectivity index (χ0) is 12.1. The van der Waals surface area contributed by atoms with Crippen molar-refractivity contribution in [2.45, 2.75) is 12.5 Å². The van der Waals surface area contributed by atoms with Gasteiger partial charge in [0.1, 0.15) is 0 Å². The Labute approximate surface area is 97.0 Å². The van der Waals surface area contributed by atoms with Crippen LogP contribution in [0.25, 0.3) is 0 Å². The second kappa shape index (κ2) is 6.18. The van der Waals surface area contributed by atoms with E-state index in [9.17, 15) is 9.90 Å². The average molecular weight is 230 g/mol. The summed E-state index contributed by atoms with van der Waals surface area (Å²) in [4.78, 5) is 15.8. The molecule has 1 rings (SSSR count). The normalized spacial score (nSPS) is 27.1. The first kappa shape index (κ1) is 13.4. The highest BCUT2D eigenvalue weighted by atomic mass is 16.5. The van der Waals surface area contributed by atoms with E-state index in [2.05, 4.69) is 9.80 Å². The number of methoxy groups -OCH3 is 1. The summed E-state index contributed by atoms with van der Waals surface area (Å²) in [5.41, 5.74) is 0. The van der Waals surface area contributed by atoms with Gasteiger partial charge >= 0.3 is 5.97 Å². The Balaban J connectivity index is 2.44. The van der Waals surface area contributed by atoms with Crippen LogP contribution in [0, 0.1) is 5.92 Å². The van der Waals surface area contributed by atoms with Crippen molar-refractivity contribution in [3.8, 4) is 0 Å². The molecule has 0 amide bonds. The average Bonchev–Trinajstić information content (AvgIpc) is 2.27. The molecule has 0 bridgehead atoms. The molecule has 0 saturated carbocycles. The summed E-state index contributed by atoms with van der Waals surface area (Å²) in [6, 6.07) is 0. The molecule has 0 radical (unpaired) electrons. The number of hydrogen-bond acceptors (Lipinski definition) is 5. The largest absolute Gasteiger partial charge is 0.469 e. The number of likely N-dealkylation sites (tertiary alicyclic amines) is 1. The monoisotopic (exact) mass is 230 g/mol. The molecular formula is C11H22N2O3. The number of ether oxygens (including phenoxy) is 1. The van der Waals surface area contributed by atoms with E-state index >= 15 is 0 Å². The molecule has 1 N–H and O–H groups in total. The van der Waals surface area contributed by atoms with Crippen molar-refractivity contribution in [3.05, 3.63) is 0 Å². The third-order valence-corrected chi connectivity index (χ3v) is 3.03. The molecular weight excluding hydrogens is 208 g/mol. The van der Waals surface area contributed by atoms with E-state index in [1.807, 2.05) is 14.1 Å². The maximum Gasteiger partial charge on any atom is 0.312 e. The Hall–Kier alpha value is -0.650. The standard InChI is InChI=1S/C11H22N2O3/c1-12(2)6-7-13-5-4-10(14)9(8-13)11(15)16-3/h9-10,14H,4-8H2,1-3H3/t9-,10+/m1/s1. The lowest BCUT2D eigenvalue weighted by Gasteiger charge is -2.35. The predicted octanol–water partition coefficient (Wildman–Crippen LogP) is -0.596. The number of likely N-dealkylation sites (N-methyl/N-ethyl adjacent to an activating group) is 1. The minimum atomic E-state index is -0.553. The number of aliphatic hydroxyl groups excluding tert-OH is 1. The molecule has 5 nitrogen and oxygen atoms in total. The highest BCUT2D eigenvalue weighted by molar-refractivity contribution is 5.73. The minimum Gasteiger partial charge on any atom is -0.469 e. The second-order valence-electron chi connectivity index (χ2n) is 4.59. The lowest BCUT2D eigenvalue weighted by Crippen LogP contribution is -2.48. The minimum absolute atomic E-state index is 0.304. The summed E-state index contributed by atoms with van der Waals surface area (Å²) in [5.74, 6) is -0.692. The molecule has 0 aromatic heterocycles. The van der Waals surface area contributed by atoms with Gasteiger partial charge in [0.05, 0.1) is 19.1 Å². The van der Waals surface area contributed by atoms with Crippen LogP contribution in [0.2, 0.25) is 0 Å². The molecule has 0 spiro atoms. The third kappa shape index (κ3) is 3.73. The van der Waals surface area contributed by atoms with Crippen LogP contribution in [0.15, 0.2) is 0 Å². The fourth-order valence-electron chi connectivity index (χ4n) is 1.93. The molecule has 1 aliphatic rings. The van der Waals surface area contributed by atoms with Crippen LogP contribution in [0.1, 0.15) is 6.42 Å². The summed E-state index contributed by atoms with van der Waals surface area (Å²) in [6.07, 6.45) is 0.0933. The van der Waals surface area contributed by atoms with Gasteiger partial charge in [0.15, 0.2) is 0 Å². The first-order valence-corrected chi connectivity index (χ1v) is 5.67. The molecule has 0 aliphatic carbocycles. The van der Waals surface area contributed by atoms with Crippen LogP contribution in [0.3, 0.4) is 0 Å². The van der Waals surface area contributed by atoms with Crippen LogP contribution in [-0.4, -0.2) is 74.4 Å². The van der Waals surface area contributed by atoms with Gasteiger partial charge in [-0.3, -0.25) is 4.79 Å². The summed E-state index contributed by atoms with van der Waals surface area (Å²) in [5, 5.41) is 9.73. The molecule has 1 saturated heterocycles. The van der Waals surface area contributed by atoms with Crippen LogP contribution >= 0.6 is 0 Å². The zero-order valence-electron chi connectivity index (χ0n) is 10.3. The van der Waals surface area contributed by atoms with E-state index in [4.69, 9.17) is 4.74 Å². The molecule has 0 aromatic rings. The summed E-state index contributed by atoms with van der Waals surface area (Å²) >= 11 is 0. The number of carbonyl (C=O) groups is 1. The third-order valence-electron chi connectivity index (χ3n) is 3.03. The van der Waals surface area contributed by atoms with Crippen LogP contribution in [0.5, 0.6) is 0 Å². The van der Waals surface area contributed by atoms with Gasteiger partial charge in [-0.1, -0.05) is 0 Å². The van der Waals surface area contributed by atoms with E-state index in [-0.39, 0.29) is 11.9 Å². The Morgan fingerprint density at radius 2 is 2.25 bits per heavy atom. The lowest BCUT2D eigenvalue weighted by atomic mass is 9.95. The first-order valence-electron chi connectivity index (χ1n) is 5.67. The van der Waals surface area contributed by atoms with Crippen LogP contribution in [-0.2, 0) is 9.53 Å². The number of rotatable bonds is 4. The number of nitrogens with zero attached hydrogens (tertiary/aromatic N) is 2. The topological polar surface area (TPSA) is 53.0 Å². The summed E-state index contributed by atoms with van der Waals surface area (Å²) in [7, 11) is 5.42. The Bertz CT molecular complexity index is 233. The SMILES string of the molecule is COC(=O)[C@@H]1CN(CCN(C)C)CC[C@@H]1O. The van der Waals surface area contributed by atoms with E-state index in [0.717, 1.165) is 19.6 Å². The highest BCUT2D eigenvalue weighted by Gasteiger charge is 2.33. The maximum atomic E-state index is 11.4. The van der Waals surface area contributed by atoms with Crippen LogP contribution < -0.4 is 0 Å². The molecule has 2 atom stereocenters. The second-order valence-corrected chi connectivity index (χ2v) is 4.59. The zero-order valence-corrected chi connectivity index (χ0v) is 10.3. The lowest BCUT2D eigenvalue weighted by molar-refractivity contribution is -0.152. The number of hydrogen-bond donors (Lipinski definition) is 1. The van der Waals surface area contributed by atoms with Gasteiger partial charge in [-0.25, -0.2) is 0 Å². The molecule has 1 aliphatic heterocycles. The van der Waals surface area contributed by atoms with Gasteiger partial charge in [0.2, 0.25) is 0 Å². The molecule has 5 heteroatoms. The fourth-order valence-corrected chi connectivity index (χ4v) is 1.93. The van der Waals surface area contributed by atoms with Gasteiger partial charge in [-0.15, -0.1) is 0 Å². The Kier molecular flexibility index (Phi) is 5.18. The smallest absolute Gasteiger partial charge is 0.312 e. The molecule has 1 fully saturated rings. The van der Waals surface area contributed by atoms with Crippen molar-refractivity contribution in [3.63, 3.8) is 0 Å². The van der Waals surface area contributed by atoms with Gasteiger partial charge in [0, 0.05) is 26.2 Å². The van der Waals surface area contributed by atoms with Crippen molar-refractivity contribution >= 4 is 5.97 Å². The number of esters is 1. The quantitative estimate of drug-likeness (QED) is 0.654. The van der Waals surface area contributed by atoms with Crippen molar-refractivity contribution in [2.75, 3.05) is 47.4 Å². The first-order chi connectivity index (χ1) is 7.54. The number of aliphatic hydroxyl groups is 1. The van der Waals surface area contributed by atoms with E-state index in [1.54, 1.807) is 0 Å². The number of piperidine rings is 1. The fraction of sp³-hybridized carbons (Fsp3) is 0.909. The maximum absolute atomic E-state index is 11.4. The number of carbonyl (C=O) groups excluding carboxylic acids is 1. The molecule has 16 heavy (non-hydrogen) atoms. The van der Waals surface area contributed by atoms with Crippen molar-refractivity contribution in [2.24, 2.45) is 5.92 Å². The van der Waals surface area contributed by atoms with Crippen molar-refractivity contribution < 1.29 is 14.6 Å². The molecule has 0 unspecified atom stereocenters. The van der Waals surface area contributed by atoms with Gasteiger partial charge in [-0.05, 0) is 20.5 Å². The van der Waals surface area contributed by atoms with Crippen molar-refractivity contribution in [1.82, 2.24) is 9.80 Å². The summed E-state index contributed by atoms with van der Waals surface area (Å²) in [6.45, 7) is 3.33. The highest BCUT2D eigenvalue weighted by Crippen LogP contribution is 2.18. The molecule has 0 aromatic carbocycles. The van der Waals surface area contributed by atoms with Crippen molar-refractivity contribution in [1.29, 1.82) is 0 Å². The van der Waals surface area contributed by atoms with E-state index < -0.39 is 6.10 Å². The predicted molar refractivity (Wildman–Crippen MR) is 61.1 cm³/mol.